The Morgan fingerprint density at radius 3 is 2.56 bits per heavy atom. The van der Waals surface area contributed by atoms with E-state index in [0.717, 1.165) is 5.56 Å². The number of carbonyl (C=O) groups is 1. The maximum atomic E-state index is 12.1. The van der Waals surface area contributed by atoms with E-state index in [1.54, 1.807) is 30.1 Å². The van der Waals surface area contributed by atoms with Crippen LogP contribution in [0.2, 0.25) is 0 Å². The van der Waals surface area contributed by atoms with Crippen molar-refractivity contribution >= 4 is 21.8 Å². The van der Waals surface area contributed by atoms with Crippen molar-refractivity contribution in [2.75, 3.05) is 7.05 Å². The molecule has 1 aromatic carbocycles. The molecule has 0 aliphatic heterocycles. The van der Waals surface area contributed by atoms with E-state index in [-0.39, 0.29) is 5.91 Å². The van der Waals surface area contributed by atoms with Crippen molar-refractivity contribution in [1.82, 2.24) is 9.88 Å². The van der Waals surface area contributed by atoms with Crippen LogP contribution in [-0.4, -0.2) is 22.8 Å². The Balaban J connectivity index is 2.10. The number of carbonyl (C=O) groups excluding carboxylic acids is 1. The first kappa shape index (κ1) is 12.8. The quantitative estimate of drug-likeness (QED) is 0.816. The zero-order valence-corrected chi connectivity index (χ0v) is 11.6. The Bertz CT molecular complexity index is 543. The Morgan fingerprint density at radius 2 is 1.89 bits per heavy atom. The van der Waals surface area contributed by atoms with Crippen LogP contribution in [0.1, 0.15) is 16.1 Å². The van der Waals surface area contributed by atoms with E-state index < -0.39 is 0 Å². The summed E-state index contributed by atoms with van der Waals surface area (Å²) < 4.78 is 0.668. The molecule has 0 aliphatic carbocycles. The van der Waals surface area contributed by atoms with Crippen LogP contribution in [0.15, 0.2) is 53.1 Å². The Kier molecular flexibility index (Phi) is 4.10. The second kappa shape index (κ2) is 5.78. The van der Waals surface area contributed by atoms with E-state index in [0.29, 0.717) is 16.8 Å². The molecular formula is C14H13BrN2O. The third-order valence-corrected chi connectivity index (χ3v) is 2.99. The lowest BCUT2D eigenvalue weighted by Crippen LogP contribution is -2.26. The summed E-state index contributed by atoms with van der Waals surface area (Å²) >= 11 is 3.26. The molecule has 0 saturated heterocycles. The highest BCUT2D eigenvalue weighted by atomic mass is 79.9. The molecule has 1 amide bonds. The lowest BCUT2D eigenvalue weighted by Gasteiger charge is -2.16. The minimum absolute atomic E-state index is 0.0832. The molecule has 3 nitrogen and oxygen atoms in total. The van der Waals surface area contributed by atoms with Crippen molar-refractivity contribution in [3.63, 3.8) is 0 Å². The second-order valence-electron chi connectivity index (χ2n) is 3.99. The largest absolute Gasteiger partial charge is 0.336 e. The maximum Gasteiger partial charge on any atom is 0.272 e. The summed E-state index contributed by atoms with van der Waals surface area (Å²) in [7, 11) is 1.78. The molecule has 2 rings (SSSR count). The van der Waals surface area contributed by atoms with E-state index >= 15 is 0 Å². The normalized spacial score (nSPS) is 10.1. The molecule has 0 aliphatic rings. The molecule has 2 aromatic rings. The van der Waals surface area contributed by atoms with Crippen molar-refractivity contribution in [1.29, 1.82) is 0 Å². The highest BCUT2D eigenvalue weighted by molar-refractivity contribution is 9.10. The van der Waals surface area contributed by atoms with E-state index in [4.69, 9.17) is 0 Å². The van der Waals surface area contributed by atoms with Gasteiger partial charge in [-0.25, -0.2) is 4.98 Å². The minimum Gasteiger partial charge on any atom is -0.336 e. The van der Waals surface area contributed by atoms with Crippen LogP contribution in [-0.2, 0) is 6.54 Å². The number of benzene rings is 1. The fourth-order valence-electron chi connectivity index (χ4n) is 1.65. The number of nitrogens with zero attached hydrogens (tertiary/aromatic N) is 2. The highest BCUT2D eigenvalue weighted by Gasteiger charge is 2.13. The molecular weight excluding hydrogens is 292 g/mol. The van der Waals surface area contributed by atoms with Crippen molar-refractivity contribution < 1.29 is 4.79 Å². The molecule has 0 bridgehead atoms. The zero-order valence-electron chi connectivity index (χ0n) is 10.0. The van der Waals surface area contributed by atoms with Gasteiger partial charge in [-0.05, 0) is 33.6 Å². The molecule has 0 N–H and O–H groups in total. The summed E-state index contributed by atoms with van der Waals surface area (Å²) in [6.45, 7) is 0.577. The zero-order chi connectivity index (χ0) is 13.0. The molecule has 18 heavy (non-hydrogen) atoms. The standard InChI is InChI=1S/C14H13BrN2O/c1-17(10-11-6-3-2-4-7-11)14(18)12-8-5-9-13(15)16-12/h2-9H,10H2,1H3. The van der Waals surface area contributed by atoms with Crippen LogP contribution >= 0.6 is 15.9 Å². The Hall–Kier alpha value is -1.68. The molecule has 0 saturated carbocycles. The second-order valence-corrected chi connectivity index (χ2v) is 4.80. The van der Waals surface area contributed by atoms with Gasteiger partial charge in [-0.1, -0.05) is 36.4 Å². The van der Waals surface area contributed by atoms with Gasteiger partial charge in [0.15, 0.2) is 0 Å². The predicted octanol–water partition coefficient (Wildman–Crippen LogP) is 3.12. The summed E-state index contributed by atoms with van der Waals surface area (Å²) in [5.41, 5.74) is 1.55. The van der Waals surface area contributed by atoms with Crippen LogP contribution < -0.4 is 0 Å². The summed E-state index contributed by atoms with van der Waals surface area (Å²) in [6, 6.07) is 15.2. The molecule has 0 fully saturated rings. The van der Waals surface area contributed by atoms with Gasteiger partial charge in [0.05, 0.1) is 0 Å². The molecule has 4 heteroatoms. The van der Waals surface area contributed by atoms with Crippen molar-refractivity contribution in [3.05, 3.63) is 64.4 Å². The molecule has 0 spiro atoms. The average molecular weight is 305 g/mol. The van der Waals surface area contributed by atoms with E-state index in [2.05, 4.69) is 20.9 Å². The number of aromatic nitrogens is 1. The SMILES string of the molecule is CN(Cc1ccccc1)C(=O)c1cccc(Br)n1. The Morgan fingerprint density at radius 1 is 1.17 bits per heavy atom. The van der Waals surface area contributed by atoms with Crippen LogP contribution in [0.3, 0.4) is 0 Å². The number of amides is 1. The van der Waals surface area contributed by atoms with Crippen LogP contribution in [0.5, 0.6) is 0 Å². The van der Waals surface area contributed by atoms with E-state index in [1.165, 1.54) is 0 Å². The molecule has 92 valence electrons. The lowest BCUT2D eigenvalue weighted by molar-refractivity contribution is 0.0779. The van der Waals surface area contributed by atoms with Gasteiger partial charge < -0.3 is 4.90 Å². The van der Waals surface area contributed by atoms with Crippen molar-refractivity contribution in [2.45, 2.75) is 6.54 Å². The van der Waals surface area contributed by atoms with Crippen LogP contribution in [0, 0.1) is 0 Å². The summed E-state index contributed by atoms with van der Waals surface area (Å²) in [4.78, 5) is 18.0. The fraction of sp³-hybridized carbons (Fsp3) is 0.143. The molecule has 1 aromatic heterocycles. The van der Waals surface area contributed by atoms with Gasteiger partial charge in [-0.15, -0.1) is 0 Å². The molecule has 1 heterocycles. The minimum atomic E-state index is -0.0832. The molecule has 0 radical (unpaired) electrons. The van der Waals surface area contributed by atoms with E-state index in [1.807, 2.05) is 30.3 Å². The summed E-state index contributed by atoms with van der Waals surface area (Å²) in [6.07, 6.45) is 0. The number of hydrogen-bond donors (Lipinski definition) is 0. The first-order valence-corrected chi connectivity index (χ1v) is 6.38. The van der Waals surface area contributed by atoms with Crippen molar-refractivity contribution in [2.24, 2.45) is 0 Å². The molecule has 0 unspecified atom stereocenters. The van der Waals surface area contributed by atoms with Gasteiger partial charge in [0.1, 0.15) is 10.3 Å². The predicted molar refractivity (Wildman–Crippen MR) is 74.2 cm³/mol. The first-order valence-electron chi connectivity index (χ1n) is 5.59. The number of halogens is 1. The van der Waals surface area contributed by atoms with Gasteiger partial charge >= 0.3 is 0 Å². The fourth-order valence-corrected chi connectivity index (χ4v) is 2.00. The first-order chi connectivity index (χ1) is 8.66. The van der Waals surface area contributed by atoms with Gasteiger partial charge in [0.2, 0.25) is 0 Å². The van der Waals surface area contributed by atoms with Gasteiger partial charge in [0.25, 0.3) is 5.91 Å². The Labute approximate surface area is 115 Å². The third kappa shape index (κ3) is 3.17. The average Bonchev–Trinajstić information content (AvgIpc) is 2.39. The topological polar surface area (TPSA) is 33.2 Å². The van der Waals surface area contributed by atoms with Crippen molar-refractivity contribution in [3.8, 4) is 0 Å². The van der Waals surface area contributed by atoms with Crippen LogP contribution in [0.4, 0.5) is 0 Å². The molecule has 0 atom stereocenters. The summed E-state index contributed by atoms with van der Waals surface area (Å²) in [5.74, 6) is -0.0832. The number of rotatable bonds is 3. The smallest absolute Gasteiger partial charge is 0.272 e. The summed E-state index contributed by atoms with van der Waals surface area (Å²) in [5, 5.41) is 0. The monoisotopic (exact) mass is 304 g/mol. The third-order valence-electron chi connectivity index (χ3n) is 2.54. The van der Waals surface area contributed by atoms with Gasteiger partial charge in [0, 0.05) is 13.6 Å². The van der Waals surface area contributed by atoms with E-state index in [9.17, 15) is 4.79 Å². The maximum absolute atomic E-state index is 12.1. The van der Waals surface area contributed by atoms with Gasteiger partial charge in [-0.3, -0.25) is 4.79 Å². The number of hydrogen-bond acceptors (Lipinski definition) is 2. The number of pyridine rings is 1. The lowest BCUT2D eigenvalue weighted by atomic mass is 10.2. The van der Waals surface area contributed by atoms with Crippen LogP contribution in [0.25, 0.3) is 0 Å². The van der Waals surface area contributed by atoms with Gasteiger partial charge in [-0.2, -0.15) is 0 Å². The highest BCUT2D eigenvalue weighted by Crippen LogP contribution is 2.10.